The maximum atomic E-state index is 13.5. The fourth-order valence-electron chi connectivity index (χ4n) is 1.45. The number of rotatable bonds is 8. The minimum atomic E-state index is -0.263. The van der Waals surface area contributed by atoms with Gasteiger partial charge >= 0.3 is 0 Å². The lowest BCUT2D eigenvalue weighted by atomic mass is 10.1. The quantitative estimate of drug-likeness (QED) is 0.538. The van der Waals surface area contributed by atoms with Gasteiger partial charge in [0, 0.05) is 17.5 Å². The van der Waals surface area contributed by atoms with E-state index in [4.69, 9.17) is 9.47 Å². The van der Waals surface area contributed by atoms with E-state index in [1.807, 2.05) is 6.07 Å². The van der Waals surface area contributed by atoms with E-state index in [1.54, 1.807) is 12.1 Å². The van der Waals surface area contributed by atoms with Crippen LogP contribution in [0.4, 0.5) is 4.39 Å². The average molecular weight is 305 g/mol. The molecule has 0 aromatic heterocycles. The van der Waals surface area contributed by atoms with Gasteiger partial charge in [-0.2, -0.15) is 0 Å². The summed E-state index contributed by atoms with van der Waals surface area (Å²) in [5.74, 6) is -0.230. The molecule has 0 heterocycles. The van der Waals surface area contributed by atoms with Gasteiger partial charge in [0.2, 0.25) is 0 Å². The van der Waals surface area contributed by atoms with Crippen molar-refractivity contribution in [2.45, 2.75) is 19.4 Å². The van der Waals surface area contributed by atoms with Crippen molar-refractivity contribution >= 4 is 15.9 Å². The van der Waals surface area contributed by atoms with Gasteiger partial charge in [-0.25, -0.2) is 4.39 Å². The Hall–Kier alpha value is -0.450. The summed E-state index contributed by atoms with van der Waals surface area (Å²) in [6.45, 7) is 3.82. The monoisotopic (exact) mass is 304 g/mol. The number of benzene rings is 1. The summed E-state index contributed by atoms with van der Waals surface area (Å²) < 4.78 is 24.4. The second-order valence-electron chi connectivity index (χ2n) is 3.65. The maximum absolute atomic E-state index is 13.5. The minimum Gasteiger partial charge on any atom is -0.379 e. The molecule has 96 valence electrons. The molecule has 0 radical (unpaired) electrons. The number of halogens is 2. The van der Waals surface area contributed by atoms with Crippen molar-refractivity contribution in [3.63, 3.8) is 0 Å². The van der Waals surface area contributed by atoms with Crippen molar-refractivity contribution in [3.8, 4) is 0 Å². The normalized spacial score (nSPS) is 12.6. The number of hydrogen-bond donors (Lipinski definition) is 0. The van der Waals surface area contributed by atoms with E-state index in [1.165, 1.54) is 6.07 Å². The number of alkyl halides is 1. The van der Waals surface area contributed by atoms with Crippen LogP contribution >= 0.6 is 15.9 Å². The summed E-state index contributed by atoms with van der Waals surface area (Å²) in [6, 6.07) is 6.68. The summed E-state index contributed by atoms with van der Waals surface area (Å²) in [5.41, 5.74) is 0.583. The second kappa shape index (κ2) is 8.61. The van der Waals surface area contributed by atoms with Gasteiger partial charge in [-0.05, 0) is 12.5 Å². The Labute approximate surface area is 110 Å². The van der Waals surface area contributed by atoms with Crippen molar-refractivity contribution in [3.05, 3.63) is 35.6 Å². The molecule has 0 aliphatic rings. The summed E-state index contributed by atoms with van der Waals surface area (Å²) in [5, 5.41) is 0.571. The highest BCUT2D eigenvalue weighted by molar-refractivity contribution is 9.09. The summed E-state index contributed by atoms with van der Waals surface area (Å²) >= 11 is 3.34. The predicted octanol–water partition coefficient (Wildman–Crippen LogP) is 3.70. The number of ether oxygens (including phenoxy) is 2. The van der Waals surface area contributed by atoms with Gasteiger partial charge in [-0.3, -0.25) is 0 Å². The Kier molecular flexibility index (Phi) is 7.40. The Bertz CT molecular complexity index is 320. The van der Waals surface area contributed by atoms with Crippen molar-refractivity contribution in [2.75, 3.05) is 25.2 Å². The van der Waals surface area contributed by atoms with Crippen LogP contribution in [0.1, 0.15) is 25.0 Å². The molecule has 0 aliphatic heterocycles. The molecular weight excluding hydrogens is 287 g/mol. The maximum Gasteiger partial charge on any atom is 0.129 e. The first kappa shape index (κ1) is 14.6. The number of hydrogen-bond acceptors (Lipinski definition) is 2. The van der Waals surface area contributed by atoms with Crippen LogP contribution in [-0.4, -0.2) is 25.2 Å². The molecule has 1 aromatic carbocycles. The van der Waals surface area contributed by atoms with Crippen LogP contribution in [0.25, 0.3) is 0 Å². The van der Waals surface area contributed by atoms with Gasteiger partial charge in [0.05, 0.1) is 19.3 Å². The molecule has 1 unspecified atom stereocenters. The summed E-state index contributed by atoms with van der Waals surface area (Å²) in [6.07, 6.45) is 0.733. The molecule has 0 aliphatic carbocycles. The van der Waals surface area contributed by atoms with Gasteiger partial charge < -0.3 is 9.47 Å². The van der Waals surface area contributed by atoms with Crippen LogP contribution < -0.4 is 0 Å². The Morgan fingerprint density at radius 1 is 1.24 bits per heavy atom. The van der Waals surface area contributed by atoms with E-state index < -0.39 is 0 Å². The SMILES string of the molecule is CCCOCCOC(CBr)c1ccccc1F. The first-order valence-corrected chi connectivity index (χ1v) is 6.91. The van der Waals surface area contributed by atoms with Gasteiger partial charge in [0.1, 0.15) is 5.82 Å². The Morgan fingerprint density at radius 3 is 2.65 bits per heavy atom. The highest BCUT2D eigenvalue weighted by Gasteiger charge is 2.14. The van der Waals surface area contributed by atoms with Crippen LogP contribution in [0.3, 0.4) is 0 Å². The van der Waals surface area contributed by atoms with E-state index in [0.717, 1.165) is 13.0 Å². The van der Waals surface area contributed by atoms with Crippen molar-refractivity contribution in [1.29, 1.82) is 0 Å². The highest BCUT2D eigenvalue weighted by atomic mass is 79.9. The molecule has 0 N–H and O–H groups in total. The van der Waals surface area contributed by atoms with E-state index in [2.05, 4.69) is 22.9 Å². The molecule has 1 aromatic rings. The van der Waals surface area contributed by atoms with E-state index >= 15 is 0 Å². The van der Waals surface area contributed by atoms with E-state index in [-0.39, 0.29) is 11.9 Å². The van der Waals surface area contributed by atoms with Crippen molar-refractivity contribution < 1.29 is 13.9 Å². The van der Waals surface area contributed by atoms with E-state index in [9.17, 15) is 4.39 Å². The Morgan fingerprint density at radius 2 is 2.00 bits per heavy atom. The Balaban J connectivity index is 2.41. The molecule has 0 bridgehead atoms. The molecular formula is C13H18BrFO2. The fourth-order valence-corrected chi connectivity index (χ4v) is 1.99. The molecule has 17 heavy (non-hydrogen) atoms. The van der Waals surface area contributed by atoms with Gasteiger partial charge in [-0.15, -0.1) is 0 Å². The van der Waals surface area contributed by atoms with Gasteiger partial charge in [0.15, 0.2) is 0 Å². The molecule has 4 heteroatoms. The standard InChI is InChI=1S/C13H18BrFO2/c1-2-7-16-8-9-17-13(10-14)11-5-3-4-6-12(11)15/h3-6,13H,2,7-10H2,1H3. The lowest BCUT2D eigenvalue weighted by molar-refractivity contribution is 0.0128. The third-order valence-electron chi connectivity index (χ3n) is 2.29. The summed E-state index contributed by atoms with van der Waals surface area (Å²) in [4.78, 5) is 0. The zero-order chi connectivity index (χ0) is 12.5. The molecule has 1 rings (SSSR count). The molecule has 0 saturated heterocycles. The lowest BCUT2D eigenvalue weighted by Crippen LogP contribution is -2.12. The van der Waals surface area contributed by atoms with E-state index in [0.29, 0.717) is 24.1 Å². The lowest BCUT2D eigenvalue weighted by Gasteiger charge is -2.16. The van der Waals surface area contributed by atoms with Crippen molar-refractivity contribution in [2.24, 2.45) is 0 Å². The molecule has 0 saturated carbocycles. The molecule has 0 amide bonds. The summed E-state index contributed by atoms with van der Waals surface area (Å²) in [7, 11) is 0. The zero-order valence-electron chi connectivity index (χ0n) is 9.99. The average Bonchev–Trinajstić information content (AvgIpc) is 2.35. The fraction of sp³-hybridized carbons (Fsp3) is 0.538. The first-order valence-electron chi connectivity index (χ1n) is 5.79. The van der Waals surface area contributed by atoms with Crippen LogP contribution in [0.15, 0.2) is 24.3 Å². The first-order chi connectivity index (χ1) is 8.29. The molecule has 0 fully saturated rings. The van der Waals surface area contributed by atoms with Crippen molar-refractivity contribution in [1.82, 2.24) is 0 Å². The van der Waals surface area contributed by atoms with Crippen LogP contribution in [0.5, 0.6) is 0 Å². The zero-order valence-corrected chi connectivity index (χ0v) is 11.6. The minimum absolute atomic E-state index is 0.230. The van der Waals surface area contributed by atoms with Gasteiger partial charge in [-0.1, -0.05) is 41.1 Å². The third-order valence-corrected chi connectivity index (χ3v) is 2.88. The largest absolute Gasteiger partial charge is 0.379 e. The smallest absolute Gasteiger partial charge is 0.129 e. The van der Waals surface area contributed by atoms with Gasteiger partial charge in [0.25, 0.3) is 0 Å². The van der Waals surface area contributed by atoms with Crippen LogP contribution in [0, 0.1) is 5.82 Å². The van der Waals surface area contributed by atoms with Crippen LogP contribution in [0.2, 0.25) is 0 Å². The molecule has 1 atom stereocenters. The topological polar surface area (TPSA) is 18.5 Å². The molecule has 2 nitrogen and oxygen atoms in total. The van der Waals surface area contributed by atoms with Crippen LogP contribution in [-0.2, 0) is 9.47 Å². The molecule has 0 spiro atoms. The second-order valence-corrected chi connectivity index (χ2v) is 4.30. The third kappa shape index (κ3) is 5.15. The predicted molar refractivity (Wildman–Crippen MR) is 70.0 cm³/mol. The highest BCUT2D eigenvalue weighted by Crippen LogP contribution is 2.22.